The summed E-state index contributed by atoms with van der Waals surface area (Å²) in [6.45, 7) is 2.45. The Morgan fingerprint density at radius 1 is 1.21 bits per heavy atom. The molecule has 0 spiro atoms. The van der Waals surface area contributed by atoms with E-state index in [9.17, 15) is 9.59 Å². The molecule has 0 radical (unpaired) electrons. The van der Waals surface area contributed by atoms with Crippen LogP contribution in [0.4, 0.5) is 0 Å². The van der Waals surface area contributed by atoms with E-state index >= 15 is 0 Å². The molecule has 2 heterocycles. The zero-order valence-corrected chi connectivity index (χ0v) is 15.9. The van der Waals surface area contributed by atoms with E-state index < -0.39 is 5.76 Å². The van der Waals surface area contributed by atoms with Crippen LogP contribution in [0.2, 0.25) is 0 Å². The van der Waals surface area contributed by atoms with Gasteiger partial charge in [0.25, 0.3) is 5.89 Å². The molecule has 148 valence electrons. The van der Waals surface area contributed by atoms with Crippen molar-refractivity contribution in [2.24, 2.45) is 0 Å². The SMILES string of the molecule is CCN(Cc1ccc(OC)c(OC)c1)C(=O)Cn1nc(-c2ccco2)oc1=O. The second-order valence-corrected chi connectivity index (χ2v) is 5.91. The van der Waals surface area contributed by atoms with Crippen molar-refractivity contribution in [1.29, 1.82) is 0 Å². The number of aromatic nitrogens is 2. The molecule has 1 amide bonds. The number of methoxy groups -OCH3 is 2. The highest BCUT2D eigenvalue weighted by atomic mass is 16.5. The Hall–Kier alpha value is -3.49. The first-order valence-corrected chi connectivity index (χ1v) is 8.66. The Bertz CT molecular complexity index is 990. The topological polar surface area (TPSA) is 99.9 Å². The summed E-state index contributed by atoms with van der Waals surface area (Å²) >= 11 is 0. The molecule has 0 aliphatic heterocycles. The zero-order chi connectivity index (χ0) is 20.1. The number of likely N-dealkylation sites (N-methyl/N-ethyl adjacent to an activating group) is 1. The minimum Gasteiger partial charge on any atom is -0.493 e. The Balaban J connectivity index is 1.73. The van der Waals surface area contributed by atoms with Crippen molar-refractivity contribution in [3.05, 3.63) is 52.7 Å². The fourth-order valence-electron chi connectivity index (χ4n) is 2.71. The van der Waals surface area contributed by atoms with Crippen molar-refractivity contribution < 1.29 is 23.1 Å². The van der Waals surface area contributed by atoms with Crippen LogP contribution in [-0.4, -0.2) is 41.4 Å². The molecule has 1 aromatic carbocycles. The summed E-state index contributed by atoms with van der Waals surface area (Å²) < 4.78 is 21.7. The number of nitrogens with zero attached hydrogens (tertiary/aromatic N) is 3. The van der Waals surface area contributed by atoms with Gasteiger partial charge in [-0.15, -0.1) is 5.10 Å². The lowest BCUT2D eigenvalue weighted by Crippen LogP contribution is -2.35. The number of amides is 1. The van der Waals surface area contributed by atoms with Crippen molar-refractivity contribution in [3.63, 3.8) is 0 Å². The number of hydrogen-bond acceptors (Lipinski definition) is 7. The molecule has 0 atom stereocenters. The van der Waals surface area contributed by atoms with Crippen molar-refractivity contribution in [2.45, 2.75) is 20.0 Å². The smallest absolute Gasteiger partial charge is 0.437 e. The van der Waals surface area contributed by atoms with Gasteiger partial charge in [0.2, 0.25) is 5.91 Å². The van der Waals surface area contributed by atoms with Crippen LogP contribution in [0.25, 0.3) is 11.7 Å². The molecule has 0 aliphatic rings. The molecule has 0 N–H and O–H groups in total. The predicted octanol–water partition coefficient (Wildman–Crippen LogP) is 2.16. The molecule has 9 heteroatoms. The van der Waals surface area contributed by atoms with Crippen LogP contribution in [0.15, 0.2) is 50.2 Å². The largest absolute Gasteiger partial charge is 0.493 e. The van der Waals surface area contributed by atoms with Gasteiger partial charge in [0, 0.05) is 13.1 Å². The summed E-state index contributed by atoms with van der Waals surface area (Å²) in [6.07, 6.45) is 1.45. The van der Waals surface area contributed by atoms with Crippen molar-refractivity contribution in [2.75, 3.05) is 20.8 Å². The summed E-state index contributed by atoms with van der Waals surface area (Å²) in [5.41, 5.74) is 0.872. The summed E-state index contributed by atoms with van der Waals surface area (Å²) in [5.74, 6) is 0.562. The van der Waals surface area contributed by atoms with E-state index in [1.807, 2.05) is 19.1 Å². The fraction of sp³-hybridized carbons (Fsp3) is 0.316. The molecule has 9 nitrogen and oxygen atoms in total. The van der Waals surface area contributed by atoms with Gasteiger partial charge in [-0.05, 0) is 36.8 Å². The van der Waals surface area contributed by atoms with Gasteiger partial charge in [-0.1, -0.05) is 6.07 Å². The highest BCUT2D eigenvalue weighted by Crippen LogP contribution is 2.28. The number of carbonyl (C=O) groups excluding carboxylic acids is 1. The van der Waals surface area contributed by atoms with Gasteiger partial charge >= 0.3 is 5.76 Å². The molecular weight excluding hydrogens is 366 g/mol. The number of furan rings is 1. The van der Waals surface area contributed by atoms with E-state index in [4.69, 9.17) is 18.3 Å². The number of benzene rings is 1. The van der Waals surface area contributed by atoms with E-state index in [2.05, 4.69) is 5.10 Å². The maximum atomic E-state index is 12.7. The average molecular weight is 387 g/mol. The second kappa shape index (κ2) is 8.47. The molecule has 3 aromatic rings. The molecule has 0 aliphatic carbocycles. The van der Waals surface area contributed by atoms with Gasteiger partial charge in [0.05, 0.1) is 20.5 Å². The lowest BCUT2D eigenvalue weighted by atomic mass is 10.2. The van der Waals surface area contributed by atoms with Gasteiger partial charge in [0.1, 0.15) is 6.54 Å². The van der Waals surface area contributed by atoms with Gasteiger partial charge in [-0.2, -0.15) is 4.68 Å². The molecule has 28 heavy (non-hydrogen) atoms. The van der Waals surface area contributed by atoms with Crippen LogP contribution in [0.3, 0.4) is 0 Å². The van der Waals surface area contributed by atoms with Crippen molar-refractivity contribution in [3.8, 4) is 23.1 Å². The molecule has 0 saturated heterocycles. The van der Waals surface area contributed by atoms with Crippen molar-refractivity contribution in [1.82, 2.24) is 14.7 Å². The Morgan fingerprint density at radius 2 is 2.00 bits per heavy atom. The summed E-state index contributed by atoms with van der Waals surface area (Å²) in [7, 11) is 3.12. The Kier molecular flexibility index (Phi) is 5.83. The third-order valence-electron chi connectivity index (χ3n) is 4.18. The highest BCUT2D eigenvalue weighted by molar-refractivity contribution is 5.75. The molecule has 0 fully saturated rings. The lowest BCUT2D eigenvalue weighted by molar-refractivity contribution is -0.132. The van der Waals surface area contributed by atoms with E-state index in [1.54, 1.807) is 37.3 Å². The maximum absolute atomic E-state index is 12.7. The Labute approximate surface area is 161 Å². The fourth-order valence-corrected chi connectivity index (χ4v) is 2.71. The maximum Gasteiger partial charge on any atom is 0.437 e. The molecule has 0 bridgehead atoms. The molecular formula is C19H21N3O6. The first-order chi connectivity index (χ1) is 13.5. The van der Waals surface area contributed by atoms with E-state index in [0.29, 0.717) is 30.3 Å². The number of carbonyl (C=O) groups is 1. The standard InChI is InChI=1S/C19H21N3O6/c1-4-21(11-13-7-8-14(25-2)16(10-13)26-3)17(23)12-22-19(24)28-18(20-22)15-6-5-9-27-15/h5-10H,4,11-12H2,1-3H3. The molecule has 3 rings (SSSR count). The van der Waals surface area contributed by atoms with Crippen LogP contribution >= 0.6 is 0 Å². The minimum atomic E-state index is -0.720. The predicted molar refractivity (Wildman–Crippen MR) is 99.1 cm³/mol. The second-order valence-electron chi connectivity index (χ2n) is 5.91. The third-order valence-corrected chi connectivity index (χ3v) is 4.18. The van der Waals surface area contributed by atoms with E-state index in [1.165, 1.54) is 6.26 Å². The monoisotopic (exact) mass is 387 g/mol. The van der Waals surface area contributed by atoms with Crippen LogP contribution in [0.5, 0.6) is 11.5 Å². The normalized spacial score (nSPS) is 10.7. The van der Waals surface area contributed by atoms with Crippen LogP contribution < -0.4 is 15.2 Å². The number of rotatable bonds is 8. The van der Waals surface area contributed by atoms with Crippen LogP contribution in [-0.2, 0) is 17.9 Å². The van der Waals surface area contributed by atoms with Gasteiger partial charge in [-0.3, -0.25) is 4.79 Å². The summed E-state index contributed by atoms with van der Waals surface area (Å²) in [4.78, 5) is 26.3. The van der Waals surface area contributed by atoms with Crippen LogP contribution in [0, 0.1) is 0 Å². The lowest BCUT2D eigenvalue weighted by Gasteiger charge is -2.21. The van der Waals surface area contributed by atoms with E-state index in [-0.39, 0.29) is 18.3 Å². The van der Waals surface area contributed by atoms with Gasteiger partial charge in [-0.25, -0.2) is 4.79 Å². The number of ether oxygens (including phenoxy) is 2. The first-order valence-electron chi connectivity index (χ1n) is 8.66. The third kappa shape index (κ3) is 4.08. The quantitative estimate of drug-likeness (QED) is 0.584. The van der Waals surface area contributed by atoms with Gasteiger partial charge in [0.15, 0.2) is 17.3 Å². The first kappa shape index (κ1) is 19.3. The minimum absolute atomic E-state index is 0.0331. The number of hydrogen-bond donors (Lipinski definition) is 0. The summed E-state index contributed by atoms with van der Waals surface area (Å²) in [5, 5.41) is 4.03. The average Bonchev–Trinajstić information content (AvgIpc) is 3.36. The van der Waals surface area contributed by atoms with Gasteiger partial charge < -0.3 is 23.2 Å². The Morgan fingerprint density at radius 3 is 2.64 bits per heavy atom. The molecule has 0 saturated carbocycles. The van der Waals surface area contributed by atoms with Crippen LogP contribution in [0.1, 0.15) is 12.5 Å². The molecule has 0 unspecified atom stereocenters. The zero-order valence-electron chi connectivity index (χ0n) is 15.9. The van der Waals surface area contributed by atoms with Crippen molar-refractivity contribution >= 4 is 5.91 Å². The molecule has 2 aromatic heterocycles. The highest BCUT2D eigenvalue weighted by Gasteiger charge is 2.19. The summed E-state index contributed by atoms with van der Waals surface area (Å²) in [6, 6.07) is 8.72. The van der Waals surface area contributed by atoms with E-state index in [0.717, 1.165) is 10.2 Å².